The van der Waals surface area contributed by atoms with Crippen molar-refractivity contribution in [1.29, 1.82) is 0 Å². The molecule has 1 amide bonds. The van der Waals surface area contributed by atoms with Gasteiger partial charge >= 0.3 is 0 Å². The van der Waals surface area contributed by atoms with Gasteiger partial charge in [0.25, 0.3) is 0 Å². The van der Waals surface area contributed by atoms with Gasteiger partial charge in [-0.1, -0.05) is 30.3 Å². The van der Waals surface area contributed by atoms with Crippen LogP contribution in [0.25, 0.3) is 0 Å². The predicted molar refractivity (Wildman–Crippen MR) is 77.5 cm³/mol. The molecule has 0 bridgehead atoms. The summed E-state index contributed by atoms with van der Waals surface area (Å²) in [5, 5.41) is 0.493. The Morgan fingerprint density at radius 1 is 1.35 bits per heavy atom. The first kappa shape index (κ1) is 13.2. The van der Waals surface area contributed by atoms with Crippen LogP contribution in [0.4, 0.5) is 0 Å². The Labute approximate surface area is 123 Å². The highest BCUT2D eigenvalue weighted by atomic mass is 35.5. The van der Waals surface area contributed by atoms with Crippen molar-refractivity contribution < 1.29 is 4.79 Å². The topological polar surface area (TPSA) is 38.1 Å². The fourth-order valence-corrected chi connectivity index (χ4v) is 2.75. The number of fused-ring (bicyclic) bond motifs is 1. The number of imidazole rings is 1. The molecule has 0 atom stereocenters. The molecule has 0 saturated heterocycles. The van der Waals surface area contributed by atoms with E-state index in [0.29, 0.717) is 24.8 Å². The summed E-state index contributed by atoms with van der Waals surface area (Å²) < 4.78 is 1.86. The highest BCUT2D eigenvalue weighted by Gasteiger charge is 2.25. The number of aromatic nitrogens is 2. The van der Waals surface area contributed by atoms with Gasteiger partial charge in [0.2, 0.25) is 11.2 Å². The van der Waals surface area contributed by atoms with Gasteiger partial charge in [-0.2, -0.15) is 0 Å². The lowest BCUT2D eigenvalue weighted by molar-refractivity contribution is -0.131. The normalized spacial score (nSPS) is 14.2. The first-order chi connectivity index (χ1) is 9.65. The molecule has 2 aromatic rings. The molecule has 0 unspecified atom stereocenters. The Morgan fingerprint density at radius 3 is 2.85 bits per heavy atom. The zero-order valence-corrected chi connectivity index (χ0v) is 12.1. The summed E-state index contributed by atoms with van der Waals surface area (Å²) in [5.74, 6) is 0.152. The minimum Gasteiger partial charge on any atom is -0.336 e. The molecule has 1 aliphatic rings. The number of benzene rings is 1. The van der Waals surface area contributed by atoms with Crippen molar-refractivity contribution in [2.75, 3.05) is 6.54 Å². The molecular formula is C15H16ClN3O. The molecule has 5 heteroatoms. The van der Waals surface area contributed by atoms with Crippen molar-refractivity contribution >= 4 is 17.5 Å². The minimum atomic E-state index is 0.152. The molecule has 0 aliphatic carbocycles. The Morgan fingerprint density at radius 2 is 2.10 bits per heavy atom. The maximum atomic E-state index is 12.4. The number of halogens is 1. The fraction of sp³-hybridized carbons (Fsp3) is 0.333. The van der Waals surface area contributed by atoms with Crippen LogP contribution in [0.5, 0.6) is 0 Å². The van der Waals surface area contributed by atoms with Crippen LogP contribution >= 0.6 is 11.6 Å². The molecule has 0 N–H and O–H groups in total. The number of rotatable bonds is 2. The zero-order valence-electron chi connectivity index (χ0n) is 11.3. The Hall–Kier alpha value is -1.81. The summed E-state index contributed by atoms with van der Waals surface area (Å²) in [6.45, 7) is 1.31. The van der Waals surface area contributed by atoms with Crippen molar-refractivity contribution in [3.8, 4) is 0 Å². The molecule has 0 fully saturated rings. The first-order valence-electron chi connectivity index (χ1n) is 6.67. The Kier molecular flexibility index (Phi) is 3.49. The van der Waals surface area contributed by atoms with Crippen LogP contribution in [0.2, 0.25) is 5.28 Å². The van der Waals surface area contributed by atoms with Gasteiger partial charge in [-0.25, -0.2) is 4.98 Å². The molecule has 2 heterocycles. The first-order valence-corrected chi connectivity index (χ1v) is 7.04. The van der Waals surface area contributed by atoms with E-state index in [1.807, 2.05) is 46.8 Å². The van der Waals surface area contributed by atoms with E-state index in [9.17, 15) is 4.79 Å². The second kappa shape index (κ2) is 5.29. The lowest BCUT2D eigenvalue weighted by Gasteiger charge is -2.27. The van der Waals surface area contributed by atoms with E-state index in [1.54, 1.807) is 0 Å². The highest BCUT2D eigenvalue weighted by Crippen LogP contribution is 2.22. The number of nitrogens with zero attached hydrogens (tertiary/aromatic N) is 3. The van der Waals surface area contributed by atoms with Crippen LogP contribution in [0, 0.1) is 0 Å². The molecule has 1 aromatic heterocycles. The predicted octanol–water partition coefficient (Wildman–Crippen LogP) is 2.20. The van der Waals surface area contributed by atoms with Gasteiger partial charge in [-0.15, -0.1) is 0 Å². The third-order valence-electron chi connectivity index (χ3n) is 3.75. The summed E-state index contributed by atoms with van der Waals surface area (Å²) in [4.78, 5) is 18.6. The molecule has 4 nitrogen and oxygen atoms in total. The average Bonchev–Trinajstić information content (AvgIpc) is 2.75. The van der Waals surface area contributed by atoms with Crippen LogP contribution in [0.3, 0.4) is 0 Å². The maximum Gasteiger partial charge on any atom is 0.227 e. The SMILES string of the molecule is Cn1c(Cl)nc2c1CN(C(=O)Cc1ccccc1)CC2. The van der Waals surface area contributed by atoms with Crippen LogP contribution < -0.4 is 0 Å². The van der Waals surface area contributed by atoms with E-state index in [1.165, 1.54) is 0 Å². The van der Waals surface area contributed by atoms with Crippen LogP contribution in [-0.2, 0) is 31.2 Å². The quantitative estimate of drug-likeness (QED) is 0.850. The summed E-state index contributed by atoms with van der Waals surface area (Å²) in [6, 6.07) is 9.83. The van der Waals surface area contributed by atoms with Crippen molar-refractivity contribution in [2.45, 2.75) is 19.4 Å². The highest BCUT2D eigenvalue weighted by molar-refractivity contribution is 6.28. The Balaban J connectivity index is 1.73. The van der Waals surface area contributed by atoms with Gasteiger partial charge in [-0.3, -0.25) is 4.79 Å². The van der Waals surface area contributed by atoms with E-state index in [4.69, 9.17) is 11.6 Å². The number of hydrogen-bond acceptors (Lipinski definition) is 2. The zero-order chi connectivity index (χ0) is 14.1. The van der Waals surface area contributed by atoms with E-state index in [2.05, 4.69) is 4.98 Å². The second-order valence-electron chi connectivity index (χ2n) is 5.06. The molecule has 104 valence electrons. The molecule has 0 saturated carbocycles. The van der Waals surface area contributed by atoms with Gasteiger partial charge in [-0.05, 0) is 17.2 Å². The largest absolute Gasteiger partial charge is 0.336 e. The van der Waals surface area contributed by atoms with E-state index in [-0.39, 0.29) is 5.91 Å². The standard InChI is InChI=1S/C15H16ClN3O/c1-18-13-10-19(8-7-12(13)17-15(18)16)14(20)9-11-5-3-2-4-6-11/h2-6H,7-10H2,1H3. The third-order valence-corrected chi connectivity index (χ3v) is 4.09. The maximum absolute atomic E-state index is 12.4. The molecular weight excluding hydrogens is 274 g/mol. The molecule has 1 aromatic carbocycles. The molecule has 0 spiro atoms. The van der Waals surface area contributed by atoms with Crippen molar-refractivity contribution in [2.24, 2.45) is 7.05 Å². The summed E-state index contributed by atoms with van der Waals surface area (Å²) in [5.41, 5.74) is 3.11. The average molecular weight is 290 g/mol. The van der Waals surface area contributed by atoms with E-state index >= 15 is 0 Å². The monoisotopic (exact) mass is 289 g/mol. The van der Waals surface area contributed by atoms with Crippen molar-refractivity contribution in [1.82, 2.24) is 14.5 Å². The molecule has 1 aliphatic heterocycles. The van der Waals surface area contributed by atoms with Crippen LogP contribution in [0.1, 0.15) is 17.0 Å². The number of carbonyl (C=O) groups is 1. The number of hydrogen-bond donors (Lipinski definition) is 0. The summed E-state index contributed by atoms with van der Waals surface area (Å²) in [7, 11) is 1.89. The molecule has 0 radical (unpaired) electrons. The van der Waals surface area contributed by atoms with Crippen LogP contribution in [0.15, 0.2) is 30.3 Å². The summed E-state index contributed by atoms with van der Waals surface area (Å²) in [6.07, 6.45) is 1.22. The lowest BCUT2D eigenvalue weighted by Crippen LogP contribution is -2.37. The lowest BCUT2D eigenvalue weighted by atomic mass is 10.1. The minimum absolute atomic E-state index is 0.152. The van der Waals surface area contributed by atoms with Crippen molar-refractivity contribution in [3.63, 3.8) is 0 Å². The number of carbonyl (C=O) groups excluding carboxylic acids is 1. The fourth-order valence-electron chi connectivity index (χ4n) is 2.55. The third kappa shape index (κ3) is 2.43. The summed E-state index contributed by atoms with van der Waals surface area (Å²) >= 11 is 6.03. The van der Waals surface area contributed by atoms with Gasteiger partial charge in [0.1, 0.15) is 0 Å². The van der Waals surface area contributed by atoms with Crippen LogP contribution in [-0.4, -0.2) is 26.9 Å². The molecule has 20 heavy (non-hydrogen) atoms. The van der Waals surface area contributed by atoms with Gasteiger partial charge in [0, 0.05) is 20.0 Å². The van der Waals surface area contributed by atoms with Gasteiger partial charge in [0.15, 0.2) is 0 Å². The number of amides is 1. The van der Waals surface area contributed by atoms with Gasteiger partial charge < -0.3 is 9.47 Å². The van der Waals surface area contributed by atoms with Crippen molar-refractivity contribution in [3.05, 3.63) is 52.6 Å². The molecule has 3 rings (SSSR count). The smallest absolute Gasteiger partial charge is 0.227 e. The van der Waals surface area contributed by atoms with E-state index in [0.717, 1.165) is 23.4 Å². The second-order valence-corrected chi connectivity index (χ2v) is 5.40. The van der Waals surface area contributed by atoms with Gasteiger partial charge in [0.05, 0.1) is 24.4 Å². The van der Waals surface area contributed by atoms with E-state index < -0.39 is 0 Å². The Bertz CT molecular complexity index is 636.